The van der Waals surface area contributed by atoms with Gasteiger partial charge in [-0.25, -0.2) is 9.07 Å². The standard InChI is InChI=1S/C32H35FN6O/c1-21-11-12-22(2)28-26(21)19-27(31(40)34-28)29(30-35-36-37-39(30)32(3,4)5)38(18-17-23-9-7-6-8-10-23)20-24-13-15-25(33)16-14-24/h6-16,19,29H,17-18,20H2,1-5H3,(H,34,40). The van der Waals surface area contributed by atoms with Gasteiger partial charge in [0.05, 0.1) is 11.1 Å². The summed E-state index contributed by atoms with van der Waals surface area (Å²) in [6, 6.07) is 22.3. The monoisotopic (exact) mass is 538 g/mol. The Balaban J connectivity index is 1.71. The van der Waals surface area contributed by atoms with Crippen LogP contribution in [0.4, 0.5) is 4.39 Å². The smallest absolute Gasteiger partial charge is 0.253 e. The number of hydrogen-bond acceptors (Lipinski definition) is 5. The first kappa shape index (κ1) is 27.4. The fourth-order valence-electron chi connectivity index (χ4n) is 5.18. The number of halogens is 1. The summed E-state index contributed by atoms with van der Waals surface area (Å²) in [5.41, 5.74) is 4.98. The van der Waals surface area contributed by atoms with Crippen molar-refractivity contribution in [1.29, 1.82) is 0 Å². The molecule has 1 N–H and O–H groups in total. The molecule has 1 atom stereocenters. The lowest BCUT2D eigenvalue weighted by Crippen LogP contribution is -2.38. The molecule has 0 saturated carbocycles. The number of nitrogens with zero attached hydrogens (tertiary/aromatic N) is 5. The molecular weight excluding hydrogens is 503 g/mol. The predicted molar refractivity (Wildman–Crippen MR) is 156 cm³/mol. The van der Waals surface area contributed by atoms with E-state index in [1.165, 1.54) is 17.7 Å². The number of tetrazole rings is 1. The summed E-state index contributed by atoms with van der Waals surface area (Å²) in [6.07, 6.45) is 0.749. The van der Waals surface area contributed by atoms with E-state index in [1.807, 2.05) is 65.0 Å². The van der Waals surface area contributed by atoms with Gasteiger partial charge in [0.25, 0.3) is 5.56 Å². The summed E-state index contributed by atoms with van der Waals surface area (Å²) in [6.45, 7) is 11.2. The number of benzene rings is 3. The Kier molecular flexibility index (Phi) is 7.63. The SMILES string of the molecule is Cc1ccc(C)c2[nH]c(=O)c(C(c3nnnn3C(C)(C)C)N(CCc3ccccc3)Cc3ccc(F)cc3)cc12. The average Bonchev–Trinajstić information content (AvgIpc) is 3.42. The highest BCUT2D eigenvalue weighted by Gasteiger charge is 2.33. The number of H-pyrrole nitrogens is 1. The molecule has 2 aromatic heterocycles. The maximum atomic E-state index is 13.9. The van der Waals surface area contributed by atoms with E-state index in [9.17, 15) is 9.18 Å². The van der Waals surface area contributed by atoms with E-state index in [-0.39, 0.29) is 11.4 Å². The molecule has 0 spiro atoms. The van der Waals surface area contributed by atoms with Crippen LogP contribution in [0.3, 0.4) is 0 Å². The fraction of sp³-hybridized carbons (Fsp3) is 0.312. The molecule has 3 aromatic carbocycles. The molecule has 0 radical (unpaired) electrons. The van der Waals surface area contributed by atoms with Gasteiger partial charge in [-0.1, -0.05) is 54.6 Å². The van der Waals surface area contributed by atoms with Gasteiger partial charge in [0.2, 0.25) is 0 Å². The zero-order valence-electron chi connectivity index (χ0n) is 23.6. The number of pyridine rings is 1. The average molecular weight is 539 g/mol. The molecule has 8 heteroatoms. The largest absolute Gasteiger partial charge is 0.321 e. The minimum Gasteiger partial charge on any atom is -0.321 e. The van der Waals surface area contributed by atoms with Crippen LogP contribution in [0.15, 0.2) is 77.6 Å². The molecule has 0 amide bonds. The lowest BCUT2D eigenvalue weighted by atomic mass is 9.98. The molecule has 206 valence electrons. The molecule has 0 saturated heterocycles. The summed E-state index contributed by atoms with van der Waals surface area (Å²) in [7, 11) is 0. The molecule has 0 aliphatic rings. The summed E-state index contributed by atoms with van der Waals surface area (Å²) >= 11 is 0. The van der Waals surface area contributed by atoms with Gasteiger partial charge in [0, 0.05) is 24.0 Å². The predicted octanol–water partition coefficient (Wildman–Crippen LogP) is 5.86. The number of nitrogens with one attached hydrogen (secondary N) is 1. The van der Waals surface area contributed by atoms with E-state index in [0.29, 0.717) is 24.5 Å². The van der Waals surface area contributed by atoms with Crippen molar-refractivity contribution in [2.24, 2.45) is 0 Å². The molecule has 1 unspecified atom stereocenters. The van der Waals surface area contributed by atoms with Gasteiger partial charge in [-0.15, -0.1) is 5.10 Å². The lowest BCUT2D eigenvalue weighted by molar-refractivity contribution is 0.195. The van der Waals surface area contributed by atoms with Crippen molar-refractivity contribution < 1.29 is 4.39 Å². The number of rotatable bonds is 8. The zero-order chi connectivity index (χ0) is 28.4. The van der Waals surface area contributed by atoms with Crippen molar-refractivity contribution in [1.82, 2.24) is 30.1 Å². The van der Waals surface area contributed by atoms with Crippen molar-refractivity contribution in [2.45, 2.75) is 59.2 Å². The second-order valence-corrected chi connectivity index (χ2v) is 11.4. The van der Waals surface area contributed by atoms with Crippen LogP contribution < -0.4 is 5.56 Å². The van der Waals surface area contributed by atoms with Gasteiger partial charge in [-0.05, 0) is 91.9 Å². The fourth-order valence-corrected chi connectivity index (χ4v) is 5.18. The van der Waals surface area contributed by atoms with Crippen LogP contribution in [0.25, 0.3) is 10.9 Å². The third kappa shape index (κ3) is 5.72. The highest BCUT2D eigenvalue weighted by atomic mass is 19.1. The first-order valence-corrected chi connectivity index (χ1v) is 13.6. The van der Waals surface area contributed by atoms with Crippen LogP contribution in [0.1, 0.15) is 60.5 Å². The Bertz CT molecular complexity index is 1670. The first-order chi connectivity index (χ1) is 19.1. The summed E-state index contributed by atoms with van der Waals surface area (Å²) in [5.74, 6) is 0.294. The maximum Gasteiger partial charge on any atom is 0.253 e. The van der Waals surface area contributed by atoms with Crippen molar-refractivity contribution in [3.63, 3.8) is 0 Å². The number of hydrogen-bond donors (Lipinski definition) is 1. The van der Waals surface area contributed by atoms with Crippen molar-refractivity contribution >= 4 is 10.9 Å². The third-order valence-electron chi connectivity index (χ3n) is 7.34. The lowest BCUT2D eigenvalue weighted by Gasteiger charge is -2.33. The first-order valence-electron chi connectivity index (χ1n) is 13.6. The van der Waals surface area contributed by atoms with Gasteiger partial charge in [0.15, 0.2) is 5.82 Å². The maximum absolute atomic E-state index is 13.9. The van der Waals surface area contributed by atoms with Gasteiger partial charge < -0.3 is 4.98 Å². The zero-order valence-corrected chi connectivity index (χ0v) is 23.6. The molecule has 0 aliphatic carbocycles. The second-order valence-electron chi connectivity index (χ2n) is 11.4. The third-order valence-corrected chi connectivity index (χ3v) is 7.34. The van der Waals surface area contributed by atoms with E-state index >= 15 is 0 Å². The normalized spacial score (nSPS) is 12.8. The highest BCUT2D eigenvalue weighted by Crippen LogP contribution is 2.32. The minimum atomic E-state index is -0.559. The molecule has 7 nitrogen and oxygen atoms in total. The van der Waals surface area contributed by atoms with Crippen LogP contribution >= 0.6 is 0 Å². The molecule has 0 fully saturated rings. The molecule has 0 aliphatic heterocycles. The Hall–Kier alpha value is -4.17. The van der Waals surface area contributed by atoms with Crippen LogP contribution in [0.2, 0.25) is 0 Å². The van der Waals surface area contributed by atoms with Crippen molar-refractivity contribution in [3.8, 4) is 0 Å². The summed E-state index contributed by atoms with van der Waals surface area (Å²) in [4.78, 5) is 19.2. The Labute approximate surface area is 233 Å². The van der Waals surface area contributed by atoms with Crippen LogP contribution in [-0.4, -0.2) is 36.6 Å². The highest BCUT2D eigenvalue weighted by molar-refractivity contribution is 5.85. The molecule has 5 rings (SSSR count). The van der Waals surface area contributed by atoms with Gasteiger partial charge in [-0.2, -0.15) is 0 Å². The summed E-state index contributed by atoms with van der Waals surface area (Å²) < 4.78 is 15.6. The van der Waals surface area contributed by atoms with E-state index < -0.39 is 11.6 Å². The Morgan fingerprint density at radius 1 is 0.950 bits per heavy atom. The quantitative estimate of drug-likeness (QED) is 0.268. The van der Waals surface area contributed by atoms with E-state index in [1.54, 1.807) is 16.8 Å². The molecule has 40 heavy (non-hydrogen) atoms. The van der Waals surface area contributed by atoms with E-state index in [4.69, 9.17) is 0 Å². The second kappa shape index (κ2) is 11.1. The topological polar surface area (TPSA) is 79.7 Å². The number of aryl methyl sites for hydroxylation is 2. The van der Waals surface area contributed by atoms with Crippen molar-refractivity contribution in [2.75, 3.05) is 6.54 Å². The van der Waals surface area contributed by atoms with Crippen molar-refractivity contribution in [3.05, 3.63) is 123 Å². The van der Waals surface area contributed by atoms with Crippen LogP contribution in [0, 0.1) is 19.7 Å². The number of aromatic nitrogens is 5. The molecule has 2 heterocycles. The number of fused-ring (bicyclic) bond motifs is 1. The number of aromatic amines is 1. The van der Waals surface area contributed by atoms with Gasteiger partial charge >= 0.3 is 0 Å². The van der Waals surface area contributed by atoms with Crippen LogP contribution in [0.5, 0.6) is 0 Å². The summed E-state index contributed by atoms with van der Waals surface area (Å²) in [5, 5.41) is 13.9. The van der Waals surface area contributed by atoms with Gasteiger partial charge in [0.1, 0.15) is 11.9 Å². The molecule has 5 aromatic rings. The Morgan fingerprint density at radius 2 is 1.65 bits per heavy atom. The minimum absolute atomic E-state index is 0.182. The molecule has 0 bridgehead atoms. The van der Waals surface area contributed by atoms with Crippen LogP contribution in [-0.2, 0) is 18.5 Å². The van der Waals surface area contributed by atoms with Gasteiger partial charge in [-0.3, -0.25) is 9.69 Å². The molecular formula is C32H35FN6O. The Morgan fingerprint density at radius 3 is 2.35 bits per heavy atom. The van der Waals surface area contributed by atoms with E-state index in [0.717, 1.165) is 34.0 Å². The van der Waals surface area contributed by atoms with E-state index in [2.05, 4.69) is 43.6 Å².